The number of nitrogens with zero attached hydrogens (tertiary/aromatic N) is 1. The number of hydrogen-bond acceptors (Lipinski definition) is 5. The fraction of sp³-hybridized carbons (Fsp3) is 0.316. The standard InChI is InChI=1S/C19H20N2O4/c1-23-16-6-2-4-13-5-3-9-21(19(13)16)11-18(22)20-14-7-8-15-17(10-14)25-12-24-15/h2,4,6-8,10H,3,5,9,11-12H2,1H3,(H,20,22). The molecule has 0 saturated heterocycles. The zero-order valence-electron chi connectivity index (χ0n) is 14.1. The van der Waals surface area contributed by atoms with E-state index in [9.17, 15) is 4.79 Å². The number of benzene rings is 2. The Balaban J connectivity index is 1.49. The first kappa shape index (κ1) is 15.6. The highest BCUT2D eigenvalue weighted by Gasteiger charge is 2.23. The molecule has 25 heavy (non-hydrogen) atoms. The van der Waals surface area contributed by atoms with E-state index < -0.39 is 0 Å². The molecule has 6 nitrogen and oxygen atoms in total. The summed E-state index contributed by atoms with van der Waals surface area (Å²) in [6.07, 6.45) is 2.03. The zero-order valence-corrected chi connectivity index (χ0v) is 14.1. The first-order valence-electron chi connectivity index (χ1n) is 8.35. The minimum absolute atomic E-state index is 0.0716. The van der Waals surface area contributed by atoms with Gasteiger partial charge in [0.2, 0.25) is 12.7 Å². The molecule has 0 fully saturated rings. The molecule has 0 spiro atoms. The summed E-state index contributed by atoms with van der Waals surface area (Å²) >= 11 is 0. The van der Waals surface area contributed by atoms with E-state index in [4.69, 9.17) is 14.2 Å². The van der Waals surface area contributed by atoms with Crippen LogP contribution in [-0.2, 0) is 11.2 Å². The number of nitrogens with one attached hydrogen (secondary N) is 1. The highest BCUT2D eigenvalue weighted by molar-refractivity contribution is 5.95. The number of rotatable bonds is 4. The quantitative estimate of drug-likeness (QED) is 0.927. The minimum Gasteiger partial charge on any atom is -0.495 e. The van der Waals surface area contributed by atoms with Crippen LogP contribution in [0.2, 0.25) is 0 Å². The lowest BCUT2D eigenvalue weighted by Crippen LogP contribution is -2.37. The summed E-state index contributed by atoms with van der Waals surface area (Å²) in [6.45, 7) is 1.33. The maximum atomic E-state index is 12.5. The third kappa shape index (κ3) is 3.07. The summed E-state index contributed by atoms with van der Waals surface area (Å²) in [5, 5.41) is 2.93. The predicted molar refractivity (Wildman–Crippen MR) is 94.7 cm³/mol. The van der Waals surface area contributed by atoms with E-state index in [2.05, 4.69) is 16.3 Å². The smallest absolute Gasteiger partial charge is 0.243 e. The predicted octanol–water partition coefficient (Wildman–Crippen LogP) is 2.82. The number of carbonyl (C=O) groups is 1. The second-order valence-corrected chi connectivity index (χ2v) is 6.11. The first-order chi connectivity index (χ1) is 12.2. The average molecular weight is 340 g/mol. The molecular weight excluding hydrogens is 320 g/mol. The van der Waals surface area contributed by atoms with Gasteiger partial charge in [-0.15, -0.1) is 0 Å². The summed E-state index contributed by atoms with van der Waals surface area (Å²) in [4.78, 5) is 14.6. The highest BCUT2D eigenvalue weighted by Crippen LogP contribution is 2.36. The van der Waals surface area contributed by atoms with Crippen LogP contribution in [0.15, 0.2) is 36.4 Å². The SMILES string of the molecule is COc1cccc2c1N(CC(=O)Nc1ccc3c(c1)OCO3)CCC2. The molecule has 2 aliphatic rings. The van der Waals surface area contributed by atoms with Gasteiger partial charge in [-0.3, -0.25) is 4.79 Å². The van der Waals surface area contributed by atoms with Gasteiger partial charge < -0.3 is 24.4 Å². The van der Waals surface area contributed by atoms with E-state index in [1.807, 2.05) is 18.2 Å². The van der Waals surface area contributed by atoms with Crippen LogP contribution in [0.1, 0.15) is 12.0 Å². The molecule has 2 aromatic rings. The maximum absolute atomic E-state index is 12.5. The van der Waals surface area contributed by atoms with Crippen LogP contribution in [0.25, 0.3) is 0 Å². The Bertz CT molecular complexity index is 792. The van der Waals surface area contributed by atoms with Crippen molar-refractivity contribution in [1.29, 1.82) is 0 Å². The monoisotopic (exact) mass is 340 g/mol. The van der Waals surface area contributed by atoms with Crippen LogP contribution in [0.3, 0.4) is 0 Å². The Hall–Kier alpha value is -2.89. The van der Waals surface area contributed by atoms with Crippen LogP contribution in [-0.4, -0.2) is 32.9 Å². The van der Waals surface area contributed by atoms with Crippen LogP contribution in [0.4, 0.5) is 11.4 Å². The number of fused-ring (bicyclic) bond motifs is 2. The van der Waals surface area contributed by atoms with Crippen molar-refractivity contribution in [3.8, 4) is 17.2 Å². The van der Waals surface area contributed by atoms with Gasteiger partial charge in [0, 0.05) is 18.3 Å². The molecule has 0 unspecified atom stereocenters. The summed E-state index contributed by atoms with van der Waals surface area (Å²) in [7, 11) is 1.66. The Morgan fingerprint density at radius 1 is 1.24 bits per heavy atom. The molecule has 0 aliphatic carbocycles. The minimum atomic E-state index is -0.0716. The van der Waals surface area contributed by atoms with Gasteiger partial charge in [0.25, 0.3) is 0 Å². The topological polar surface area (TPSA) is 60.0 Å². The lowest BCUT2D eigenvalue weighted by Gasteiger charge is -2.32. The maximum Gasteiger partial charge on any atom is 0.243 e. The van der Waals surface area contributed by atoms with E-state index in [0.717, 1.165) is 30.8 Å². The van der Waals surface area contributed by atoms with Gasteiger partial charge in [0.1, 0.15) is 5.75 Å². The van der Waals surface area contributed by atoms with E-state index in [0.29, 0.717) is 17.2 Å². The van der Waals surface area contributed by atoms with Gasteiger partial charge in [-0.05, 0) is 36.6 Å². The molecule has 1 N–H and O–H groups in total. The van der Waals surface area contributed by atoms with E-state index in [-0.39, 0.29) is 19.2 Å². The molecular formula is C19H20N2O4. The molecule has 1 amide bonds. The normalized spacial score (nSPS) is 14.8. The van der Waals surface area contributed by atoms with Crippen molar-refractivity contribution in [2.45, 2.75) is 12.8 Å². The molecule has 0 saturated carbocycles. The summed E-state index contributed by atoms with van der Waals surface area (Å²) in [5.41, 5.74) is 2.95. The summed E-state index contributed by atoms with van der Waals surface area (Å²) in [6, 6.07) is 11.4. The van der Waals surface area contributed by atoms with Crippen LogP contribution in [0, 0.1) is 0 Å². The zero-order chi connectivity index (χ0) is 17.2. The average Bonchev–Trinajstić information content (AvgIpc) is 3.09. The highest BCUT2D eigenvalue weighted by atomic mass is 16.7. The Morgan fingerprint density at radius 3 is 3.00 bits per heavy atom. The number of anilines is 2. The van der Waals surface area contributed by atoms with Crippen molar-refractivity contribution in [3.63, 3.8) is 0 Å². The van der Waals surface area contributed by atoms with Crippen molar-refractivity contribution < 1.29 is 19.0 Å². The van der Waals surface area contributed by atoms with Crippen LogP contribution in [0.5, 0.6) is 17.2 Å². The molecule has 2 heterocycles. The number of hydrogen-bond donors (Lipinski definition) is 1. The molecule has 2 aromatic carbocycles. The molecule has 0 radical (unpaired) electrons. The largest absolute Gasteiger partial charge is 0.495 e. The Kier molecular flexibility index (Phi) is 4.09. The van der Waals surface area contributed by atoms with E-state index in [1.165, 1.54) is 5.56 Å². The molecule has 130 valence electrons. The number of amides is 1. The molecule has 0 aromatic heterocycles. The Labute approximate surface area is 146 Å². The molecule has 0 bridgehead atoms. The third-order valence-corrected chi connectivity index (χ3v) is 4.48. The lowest BCUT2D eigenvalue weighted by molar-refractivity contribution is -0.115. The third-order valence-electron chi connectivity index (χ3n) is 4.48. The number of aryl methyl sites for hydroxylation is 1. The van der Waals surface area contributed by atoms with E-state index >= 15 is 0 Å². The number of ether oxygens (including phenoxy) is 3. The van der Waals surface area contributed by atoms with Gasteiger partial charge in [-0.2, -0.15) is 0 Å². The summed E-state index contributed by atoms with van der Waals surface area (Å²) < 4.78 is 16.1. The first-order valence-corrected chi connectivity index (χ1v) is 8.35. The fourth-order valence-electron chi connectivity index (χ4n) is 3.37. The van der Waals surface area contributed by atoms with Gasteiger partial charge in [-0.1, -0.05) is 12.1 Å². The molecule has 4 rings (SSSR count). The summed E-state index contributed by atoms with van der Waals surface area (Å²) in [5.74, 6) is 2.10. The molecule has 6 heteroatoms. The van der Waals surface area contributed by atoms with E-state index in [1.54, 1.807) is 19.2 Å². The van der Waals surface area contributed by atoms with Gasteiger partial charge in [0.05, 0.1) is 19.3 Å². The fourth-order valence-corrected chi connectivity index (χ4v) is 3.37. The second-order valence-electron chi connectivity index (χ2n) is 6.11. The van der Waals surface area contributed by atoms with Crippen molar-refractivity contribution in [2.75, 3.05) is 37.2 Å². The van der Waals surface area contributed by atoms with Gasteiger partial charge >= 0.3 is 0 Å². The van der Waals surface area contributed by atoms with Crippen LogP contribution >= 0.6 is 0 Å². The lowest BCUT2D eigenvalue weighted by atomic mass is 10.0. The van der Waals surface area contributed by atoms with Gasteiger partial charge in [0.15, 0.2) is 11.5 Å². The second kappa shape index (κ2) is 6.55. The number of para-hydroxylation sites is 1. The molecule has 0 atom stereocenters. The number of carbonyl (C=O) groups excluding carboxylic acids is 1. The van der Waals surface area contributed by atoms with Crippen molar-refractivity contribution in [3.05, 3.63) is 42.0 Å². The molecule has 2 aliphatic heterocycles. The van der Waals surface area contributed by atoms with Crippen molar-refractivity contribution in [1.82, 2.24) is 0 Å². The van der Waals surface area contributed by atoms with Crippen LogP contribution < -0.4 is 24.4 Å². The van der Waals surface area contributed by atoms with Gasteiger partial charge in [-0.25, -0.2) is 0 Å². The van der Waals surface area contributed by atoms with Crippen molar-refractivity contribution >= 4 is 17.3 Å². The number of methoxy groups -OCH3 is 1. The Morgan fingerprint density at radius 2 is 2.12 bits per heavy atom. The van der Waals surface area contributed by atoms with Crippen molar-refractivity contribution in [2.24, 2.45) is 0 Å².